The van der Waals surface area contributed by atoms with E-state index < -0.39 is 0 Å². The zero-order valence-electron chi connectivity index (χ0n) is 14.3. The summed E-state index contributed by atoms with van der Waals surface area (Å²) in [4.78, 5) is 17.3. The van der Waals surface area contributed by atoms with Gasteiger partial charge in [-0.25, -0.2) is 4.98 Å². The Morgan fingerprint density at radius 2 is 1.92 bits per heavy atom. The number of carbonyl (C=O) groups is 1. The Balaban J connectivity index is 1.71. The van der Waals surface area contributed by atoms with Gasteiger partial charge in [0.2, 0.25) is 5.13 Å². The van der Waals surface area contributed by atoms with Crippen molar-refractivity contribution in [2.45, 2.75) is 6.92 Å². The quantitative estimate of drug-likeness (QED) is 0.593. The van der Waals surface area contributed by atoms with Crippen LogP contribution in [-0.2, 0) is 0 Å². The standard InChI is InChI=1S/C19H16N4O2S/c1-12-11-17(21-18(24)13-7-3-5-9-15(13)25-2)23(22-12)19-20-14-8-4-6-10-16(14)26-19/h3-11H,1-2H3,(H,21,24). The lowest BCUT2D eigenvalue weighted by Gasteiger charge is -2.09. The summed E-state index contributed by atoms with van der Waals surface area (Å²) in [6.07, 6.45) is 0. The Labute approximate surface area is 154 Å². The molecule has 0 aliphatic heterocycles. The number of thiazole rings is 1. The zero-order chi connectivity index (χ0) is 18.1. The van der Waals surface area contributed by atoms with E-state index in [1.54, 1.807) is 30.0 Å². The number of fused-ring (bicyclic) bond motifs is 1. The maximum absolute atomic E-state index is 12.7. The first-order chi connectivity index (χ1) is 12.7. The van der Waals surface area contributed by atoms with E-state index in [0.717, 1.165) is 15.9 Å². The molecule has 2 aromatic heterocycles. The molecule has 0 unspecified atom stereocenters. The summed E-state index contributed by atoms with van der Waals surface area (Å²) in [5, 5.41) is 8.10. The molecule has 0 aliphatic carbocycles. The largest absolute Gasteiger partial charge is 0.496 e. The van der Waals surface area contributed by atoms with Crippen molar-refractivity contribution in [2.24, 2.45) is 0 Å². The van der Waals surface area contributed by atoms with E-state index >= 15 is 0 Å². The first-order valence-electron chi connectivity index (χ1n) is 8.02. The lowest BCUT2D eigenvalue weighted by Crippen LogP contribution is -2.16. The number of nitrogens with zero attached hydrogens (tertiary/aromatic N) is 3. The topological polar surface area (TPSA) is 69.0 Å². The number of amides is 1. The highest BCUT2D eigenvalue weighted by Crippen LogP contribution is 2.27. The summed E-state index contributed by atoms with van der Waals surface area (Å²) >= 11 is 1.52. The number of nitrogens with one attached hydrogen (secondary N) is 1. The monoisotopic (exact) mass is 364 g/mol. The number of hydrogen-bond acceptors (Lipinski definition) is 5. The van der Waals surface area contributed by atoms with E-state index in [2.05, 4.69) is 15.4 Å². The summed E-state index contributed by atoms with van der Waals surface area (Å²) in [6, 6.07) is 16.8. The van der Waals surface area contributed by atoms with Gasteiger partial charge >= 0.3 is 0 Å². The van der Waals surface area contributed by atoms with Gasteiger partial charge in [-0.2, -0.15) is 9.78 Å². The Morgan fingerprint density at radius 1 is 1.15 bits per heavy atom. The lowest BCUT2D eigenvalue weighted by molar-refractivity contribution is 0.102. The van der Waals surface area contributed by atoms with Crippen LogP contribution in [0.2, 0.25) is 0 Å². The molecule has 0 saturated heterocycles. The summed E-state index contributed by atoms with van der Waals surface area (Å²) in [6.45, 7) is 1.88. The van der Waals surface area contributed by atoms with E-state index in [1.165, 1.54) is 11.3 Å². The molecule has 0 atom stereocenters. The maximum Gasteiger partial charge on any atom is 0.260 e. The van der Waals surface area contributed by atoms with Crippen molar-refractivity contribution in [1.29, 1.82) is 0 Å². The predicted molar refractivity (Wildman–Crippen MR) is 102 cm³/mol. The van der Waals surface area contributed by atoms with Crippen molar-refractivity contribution in [3.05, 3.63) is 65.9 Å². The number of aromatic nitrogens is 3. The van der Waals surface area contributed by atoms with Gasteiger partial charge in [0.05, 0.1) is 28.6 Å². The average Bonchev–Trinajstić information content (AvgIpc) is 3.24. The van der Waals surface area contributed by atoms with Gasteiger partial charge < -0.3 is 10.1 Å². The van der Waals surface area contributed by atoms with Crippen LogP contribution in [-0.4, -0.2) is 27.8 Å². The van der Waals surface area contributed by atoms with Crippen LogP contribution in [0, 0.1) is 6.92 Å². The van der Waals surface area contributed by atoms with Crippen LogP contribution < -0.4 is 10.1 Å². The molecule has 6 nitrogen and oxygen atoms in total. The first-order valence-corrected chi connectivity index (χ1v) is 8.84. The van der Waals surface area contributed by atoms with E-state index in [0.29, 0.717) is 22.3 Å². The molecule has 2 aromatic carbocycles. The van der Waals surface area contributed by atoms with Crippen LogP contribution in [0.3, 0.4) is 0 Å². The highest BCUT2D eigenvalue weighted by Gasteiger charge is 2.17. The number of carbonyl (C=O) groups excluding carboxylic acids is 1. The van der Waals surface area contributed by atoms with Crippen molar-refractivity contribution >= 4 is 33.3 Å². The predicted octanol–water partition coefficient (Wildman–Crippen LogP) is 4.05. The van der Waals surface area contributed by atoms with Crippen molar-refractivity contribution in [3.8, 4) is 10.9 Å². The Hall–Kier alpha value is -3.19. The van der Waals surface area contributed by atoms with Gasteiger partial charge in [-0.1, -0.05) is 35.6 Å². The molecule has 0 saturated carbocycles. The zero-order valence-corrected chi connectivity index (χ0v) is 15.1. The van der Waals surface area contributed by atoms with E-state index in [-0.39, 0.29) is 5.91 Å². The molecular weight excluding hydrogens is 348 g/mol. The second-order valence-electron chi connectivity index (χ2n) is 5.70. The highest BCUT2D eigenvalue weighted by molar-refractivity contribution is 7.20. The minimum absolute atomic E-state index is 0.260. The third-order valence-corrected chi connectivity index (χ3v) is 4.90. The number of methoxy groups -OCH3 is 1. The summed E-state index contributed by atoms with van der Waals surface area (Å²) in [5.41, 5.74) is 2.16. The Bertz CT molecular complexity index is 1070. The Morgan fingerprint density at radius 3 is 2.73 bits per heavy atom. The number of aryl methyl sites for hydroxylation is 1. The van der Waals surface area contributed by atoms with Gasteiger partial charge in [0.1, 0.15) is 11.6 Å². The third kappa shape index (κ3) is 2.93. The fourth-order valence-corrected chi connectivity index (χ4v) is 3.63. The van der Waals surface area contributed by atoms with Crippen molar-refractivity contribution in [2.75, 3.05) is 12.4 Å². The molecule has 4 aromatic rings. The molecule has 0 radical (unpaired) electrons. The van der Waals surface area contributed by atoms with Gasteiger partial charge in [0, 0.05) is 6.07 Å². The van der Waals surface area contributed by atoms with Gasteiger partial charge in [-0.3, -0.25) is 4.79 Å². The second kappa shape index (κ2) is 6.61. The summed E-state index contributed by atoms with van der Waals surface area (Å²) in [7, 11) is 1.54. The van der Waals surface area contributed by atoms with Gasteiger partial charge in [0.25, 0.3) is 5.91 Å². The van der Waals surface area contributed by atoms with Crippen LogP contribution in [0.15, 0.2) is 54.6 Å². The number of anilines is 1. The molecule has 0 bridgehead atoms. The van der Waals surface area contributed by atoms with Crippen LogP contribution in [0.1, 0.15) is 16.1 Å². The fraction of sp³-hybridized carbons (Fsp3) is 0.105. The number of rotatable bonds is 4. The van der Waals surface area contributed by atoms with Gasteiger partial charge in [-0.05, 0) is 31.2 Å². The fourth-order valence-electron chi connectivity index (χ4n) is 2.70. The van der Waals surface area contributed by atoms with E-state index in [1.807, 2.05) is 43.3 Å². The maximum atomic E-state index is 12.7. The van der Waals surface area contributed by atoms with Gasteiger partial charge in [0.15, 0.2) is 0 Å². The minimum Gasteiger partial charge on any atom is -0.496 e. The molecule has 0 aliphatic rings. The van der Waals surface area contributed by atoms with Crippen LogP contribution in [0.5, 0.6) is 5.75 Å². The van der Waals surface area contributed by atoms with Crippen molar-refractivity contribution in [3.63, 3.8) is 0 Å². The second-order valence-corrected chi connectivity index (χ2v) is 6.71. The average molecular weight is 364 g/mol. The van der Waals surface area contributed by atoms with Crippen LogP contribution in [0.25, 0.3) is 15.3 Å². The molecule has 26 heavy (non-hydrogen) atoms. The molecular formula is C19H16N4O2S. The molecule has 0 spiro atoms. The van der Waals surface area contributed by atoms with Crippen LogP contribution in [0.4, 0.5) is 5.82 Å². The summed E-state index contributed by atoms with van der Waals surface area (Å²) in [5.74, 6) is 0.829. The highest BCUT2D eigenvalue weighted by atomic mass is 32.1. The SMILES string of the molecule is COc1ccccc1C(=O)Nc1cc(C)nn1-c1nc2ccccc2s1. The molecule has 0 fully saturated rings. The molecule has 1 N–H and O–H groups in total. The first kappa shape index (κ1) is 16.3. The molecule has 7 heteroatoms. The van der Waals surface area contributed by atoms with Crippen molar-refractivity contribution < 1.29 is 9.53 Å². The number of ether oxygens (including phenoxy) is 1. The number of hydrogen-bond donors (Lipinski definition) is 1. The molecule has 130 valence electrons. The normalized spacial score (nSPS) is 10.8. The van der Waals surface area contributed by atoms with Crippen LogP contribution >= 0.6 is 11.3 Å². The number of para-hydroxylation sites is 2. The molecule has 4 rings (SSSR count). The van der Waals surface area contributed by atoms with Crippen molar-refractivity contribution in [1.82, 2.24) is 14.8 Å². The lowest BCUT2D eigenvalue weighted by atomic mass is 10.2. The molecule has 1 amide bonds. The molecule has 2 heterocycles. The van der Waals surface area contributed by atoms with E-state index in [9.17, 15) is 4.79 Å². The smallest absolute Gasteiger partial charge is 0.260 e. The third-order valence-electron chi connectivity index (χ3n) is 3.89. The summed E-state index contributed by atoms with van der Waals surface area (Å²) < 4.78 is 8.00. The number of benzene rings is 2. The van der Waals surface area contributed by atoms with E-state index in [4.69, 9.17) is 4.74 Å². The Kier molecular flexibility index (Phi) is 4.14. The minimum atomic E-state index is -0.260. The van der Waals surface area contributed by atoms with Gasteiger partial charge in [-0.15, -0.1) is 0 Å².